The Morgan fingerprint density at radius 2 is 1.69 bits per heavy atom. The average molecular weight is 401 g/mol. The van der Waals surface area contributed by atoms with E-state index >= 15 is 0 Å². The first-order chi connectivity index (χ1) is 14.2. The van der Waals surface area contributed by atoms with Crippen molar-refractivity contribution in [1.82, 2.24) is 9.97 Å². The molecule has 5 rings (SSSR count). The number of hydrogen-bond acceptors (Lipinski definition) is 6. The molecule has 0 N–H and O–H groups in total. The van der Waals surface area contributed by atoms with Crippen molar-refractivity contribution in [3.05, 3.63) is 94.1 Å². The highest BCUT2D eigenvalue weighted by atomic mass is 32.2. The Bertz CT molecular complexity index is 1290. The van der Waals surface area contributed by atoms with Crippen molar-refractivity contribution < 1.29 is 9.21 Å². The Kier molecular flexibility index (Phi) is 4.17. The van der Waals surface area contributed by atoms with Gasteiger partial charge in [-0.3, -0.25) is 14.5 Å². The molecule has 0 saturated carbocycles. The van der Waals surface area contributed by atoms with Gasteiger partial charge < -0.3 is 4.42 Å². The Morgan fingerprint density at radius 3 is 2.41 bits per heavy atom. The number of nitrogens with zero attached hydrogens (tertiary/aromatic N) is 3. The number of hydrogen-bond donors (Lipinski definition) is 0. The van der Waals surface area contributed by atoms with Gasteiger partial charge in [0.05, 0.1) is 17.0 Å². The smallest absolute Gasteiger partial charge is 0.297 e. The predicted molar refractivity (Wildman–Crippen MR) is 111 cm³/mol. The standard InChI is InChI=1S/C22H15N3O3S/c1-29-14-9-7-13(8-10-14)18-17-19(26)15-5-2-3-6-16(15)28-20(17)21(27)25(18)22-23-11-4-12-24-22/h2-12,18H,1H3. The van der Waals surface area contributed by atoms with E-state index in [-0.39, 0.29) is 17.1 Å². The van der Waals surface area contributed by atoms with Crippen LogP contribution in [0.1, 0.15) is 27.7 Å². The number of amides is 1. The van der Waals surface area contributed by atoms with Crippen LogP contribution < -0.4 is 10.3 Å². The Balaban J connectivity index is 1.80. The van der Waals surface area contributed by atoms with Gasteiger partial charge in [-0.25, -0.2) is 9.97 Å². The maximum Gasteiger partial charge on any atom is 0.297 e. The fourth-order valence-electron chi connectivity index (χ4n) is 3.64. The van der Waals surface area contributed by atoms with Crippen LogP contribution in [0.2, 0.25) is 0 Å². The highest BCUT2D eigenvalue weighted by molar-refractivity contribution is 7.98. The molecule has 4 aromatic rings. The second-order valence-electron chi connectivity index (χ2n) is 6.57. The van der Waals surface area contributed by atoms with Crippen LogP contribution in [0.4, 0.5) is 5.95 Å². The van der Waals surface area contributed by atoms with Crippen LogP contribution in [-0.4, -0.2) is 22.1 Å². The lowest BCUT2D eigenvalue weighted by Crippen LogP contribution is -2.31. The van der Waals surface area contributed by atoms with Gasteiger partial charge in [0.25, 0.3) is 5.91 Å². The molecule has 1 unspecified atom stereocenters. The second-order valence-corrected chi connectivity index (χ2v) is 7.45. The SMILES string of the molecule is CSc1ccc(C2c3c(oc4ccccc4c3=O)C(=O)N2c2ncccn2)cc1. The van der Waals surface area contributed by atoms with Crippen LogP contribution in [0.5, 0.6) is 0 Å². The zero-order chi connectivity index (χ0) is 20.0. The Hall–Kier alpha value is -3.45. The van der Waals surface area contributed by atoms with Crippen LogP contribution in [0.3, 0.4) is 0 Å². The van der Waals surface area contributed by atoms with Gasteiger partial charge in [-0.2, -0.15) is 0 Å². The van der Waals surface area contributed by atoms with E-state index in [1.807, 2.05) is 30.5 Å². The molecule has 142 valence electrons. The van der Waals surface area contributed by atoms with E-state index in [1.54, 1.807) is 54.5 Å². The van der Waals surface area contributed by atoms with E-state index < -0.39 is 11.9 Å². The van der Waals surface area contributed by atoms with Gasteiger partial charge in [0.2, 0.25) is 11.7 Å². The van der Waals surface area contributed by atoms with Crippen LogP contribution in [0, 0.1) is 0 Å². The van der Waals surface area contributed by atoms with Gasteiger partial charge in [-0.05, 0) is 42.2 Å². The molecule has 0 radical (unpaired) electrons. The van der Waals surface area contributed by atoms with Gasteiger partial charge in [-0.15, -0.1) is 11.8 Å². The molecular formula is C22H15N3O3S. The molecular weight excluding hydrogens is 386 g/mol. The van der Waals surface area contributed by atoms with Crippen molar-refractivity contribution in [2.75, 3.05) is 11.2 Å². The number of rotatable bonds is 3. The molecule has 2 aromatic carbocycles. The second kappa shape index (κ2) is 6.86. The highest BCUT2D eigenvalue weighted by Gasteiger charge is 2.44. The van der Waals surface area contributed by atoms with Crippen LogP contribution >= 0.6 is 11.8 Å². The van der Waals surface area contributed by atoms with Gasteiger partial charge in [0, 0.05) is 17.3 Å². The zero-order valence-electron chi connectivity index (χ0n) is 15.4. The van der Waals surface area contributed by atoms with E-state index in [2.05, 4.69) is 9.97 Å². The first-order valence-corrected chi connectivity index (χ1v) is 10.2. The normalized spacial score (nSPS) is 15.7. The molecule has 1 amide bonds. The highest BCUT2D eigenvalue weighted by Crippen LogP contribution is 2.40. The summed E-state index contributed by atoms with van der Waals surface area (Å²) < 4.78 is 5.89. The number of para-hydroxylation sites is 1. The molecule has 1 aliphatic heterocycles. The minimum Gasteiger partial charge on any atom is -0.450 e. The number of thioether (sulfide) groups is 1. The molecule has 0 aliphatic carbocycles. The van der Waals surface area contributed by atoms with Crippen molar-refractivity contribution in [3.8, 4) is 0 Å². The molecule has 7 heteroatoms. The summed E-state index contributed by atoms with van der Waals surface area (Å²) in [5.74, 6) is -0.153. The number of anilines is 1. The van der Waals surface area contributed by atoms with E-state index in [0.29, 0.717) is 16.5 Å². The Labute approximate surface area is 170 Å². The summed E-state index contributed by atoms with van der Waals surface area (Å²) >= 11 is 1.62. The number of benzene rings is 2. The molecule has 2 aromatic heterocycles. The molecule has 1 aliphatic rings. The van der Waals surface area contributed by atoms with Crippen LogP contribution in [-0.2, 0) is 0 Å². The van der Waals surface area contributed by atoms with Crippen LogP contribution in [0.15, 0.2) is 81.1 Å². The topological polar surface area (TPSA) is 76.3 Å². The third kappa shape index (κ3) is 2.74. The molecule has 0 fully saturated rings. The van der Waals surface area contributed by atoms with Crippen LogP contribution in [0.25, 0.3) is 11.0 Å². The molecule has 3 heterocycles. The lowest BCUT2D eigenvalue weighted by atomic mass is 9.99. The summed E-state index contributed by atoms with van der Waals surface area (Å²) in [4.78, 5) is 37.7. The summed E-state index contributed by atoms with van der Waals surface area (Å²) in [5, 5.41) is 0.445. The number of fused-ring (bicyclic) bond motifs is 2. The number of carbonyl (C=O) groups is 1. The van der Waals surface area contributed by atoms with E-state index in [4.69, 9.17) is 4.42 Å². The lowest BCUT2D eigenvalue weighted by Gasteiger charge is -2.23. The third-order valence-electron chi connectivity index (χ3n) is 4.98. The van der Waals surface area contributed by atoms with Crippen molar-refractivity contribution >= 4 is 34.6 Å². The molecule has 6 nitrogen and oxygen atoms in total. The van der Waals surface area contributed by atoms with E-state index in [1.165, 1.54) is 4.90 Å². The summed E-state index contributed by atoms with van der Waals surface area (Å²) in [6, 6.07) is 15.7. The molecule has 0 bridgehead atoms. The van der Waals surface area contributed by atoms with Crippen molar-refractivity contribution in [1.29, 1.82) is 0 Å². The monoisotopic (exact) mass is 401 g/mol. The first-order valence-electron chi connectivity index (χ1n) is 8.99. The number of carbonyl (C=O) groups excluding carboxylic acids is 1. The zero-order valence-corrected chi connectivity index (χ0v) is 16.2. The molecule has 29 heavy (non-hydrogen) atoms. The minimum atomic E-state index is -0.656. The van der Waals surface area contributed by atoms with E-state index in [0.717, 1.165) is 10.5 Å². The van der Waals surface area contributed by atoms with Gasteiger partial charge in [0.15, 0.2) is 5.43 Å². The van der Waals surface area contributed by atoms with Crippen molar-refractivity contribution in [3.63, 3.8) is 0 Å². The average Bonchev–Trinajstić information content (AvgIpc) is 3.07. The largest absolute Gasteiger partial charge is 0.450 e. The maximum atomic E-state index is 13.4. The first kappa shape index (κ1) is 17.6. The summed E-state index contributed by atoms with van der Waals surface area (Å²) in [5.41, 5.74) is 1.28. The molecule has 0 spiro atoms. The van der Waals surface area contributed by atoms with Gasteiger partial charge in [0.1, 0.15) is 5.58 Å². The Morgan fingerprint density at radius 1 is 0.966 bits per heavy atom. The van der Waals surface area contributed by atoms with Crippen molar-refractivity contribution in [2.24, 2.45) is 0 Å². The quantitative estimate of drug-likeness (QED) is 0.482. The third-order valence-corrected chi connectivity index (χ3v) is 5.72. The summed E-state index contributed by atoms with van der Waals surface area (Å²) in [7, 11) is 0. The minimum absolute atomic E-state index is 0.0418. The number of aromatic nitrogens is 2. The fourth-order valence-corrected chi connectivity index (χ4v) is 4.05. The maximum absolute atomic E-state index is 13.4. The van der Waals surface area contributed by atoms with Gasteiger partial charge >= 0.3 is 0 Å². The van der Waals surface area contributed by atoms with E-state index in [9.17, 15) is 9.59 Å². The fraction of sp³-hybridized carbons (Fsp3) is 0.0909. The lowest BCUT2D eigenvalue weighted by molar-refractivity contribution is 0.0969. The van der Waals surface area contributed by atoms with Gasteiger partial charge in [-0.1, -0.05) is 24.3 Å². The summed E-state index contributed by atoms with van der Waals surface area (Å²) in [6.07, 6.45) is 5.13. The predicted octanol–water partition coefficient (Wildman–Crippen LogP) is 4.05. The summed E-state index contributed by atoms with van der Waals surface area (Å²) in [6.45, 7) is 0. The molecule has 0 saturated heterocycles. The molecule has 1 atom stereocenters. The van der Waals surface area contributed by atoms with Crippen molar-refractivity contribution in [2.45, 2.75) is 10.9 Å².